The number of carbonyl (C=O) groups excluding carboxylic acids is 2. The Kier molecular flexibility index (Phi) is 5.78. The van der Waals surface area contributed by atoms with Crippen molar-refractivity contribution < 1.29 is 9.59 Å². The number of hydrazine groups is 1. The van der Waals surface area contributed by atoms with Crippen molar-refractivity contribution in [3.63, 3.8) is 0 Å². The molecule has 0 radical (unpaired) electrons. The number of hydrogen-bond donors (Lipinski definition) is 2. The number of carbonyl (C=O) groups is 2. The molecule has 2 N–H and O–H groups in total. The Morgan fingerprint density at radius 3 is 2.43 bits per heavy atom. The van der Waals surface area contributed by atoms with Crippen LogP contribution in [0.4, 0.5) is 0 Å². The lowest BCUT2D eigenvalue weighted by atomic mass is 10.1. The van der Waals surface area contributed by atoms with Crippen LogP contribution in [-0.4, -0.2) is 11.8 Å². The zero-order chi connectivity index (χ0) is 15.2. The van der Waals surface area contributed by atoms with Crippen molar-refractivity contribution in [1.82, 2.24) is 10.9 Å². The average Bonchev–Trinajstić information content (AvgIpc) is 2.91. The lowest BCUT2D eigenvalue weighted by molar-refractivity contribution is -0.121. The van der Waals surface area contributed by atoms with Crippen molar-refractivity contribution in [1.29, 1.82) is 0 Å². The summed E-state index contributed by atoms with van der Waals surface area (Å²) in [5, 5.41) is 0.664. The molecule has 0 aliphatic rings. The van der Waals surface area contributed by atoms with Gasteiger partial charge in [-0.15, -0.1) is 11.3 Å². The highest BCUT2D eigenvalue weighted by Crippen LogP contribution is 2.21. The van der Waals surface area contributed by atoms with Gasteiger partial charge in [0, 0.05) is 11.4 Å². The minimum absolute atomic E-state index is 0.242. The summed E-state index contributed by atoms with van der Waals surface area (Å²) in [6.07, 6.45) is 0.874. The van der Waals surface area contributed by atoms with Crippen molar-refractivity contribution in [2.45, 2.75) is 12.8 Å². The van der Waals surface area contributed by atoms with Gasteiger partial charge in [0.05, 0.1) is 8.66 Å². The summed E-state index contributed by atoms with van der Waals surface area (Å²) in [6.45, 7) is 0. The molecule has 7 heteroatoms. The van der Waals surface area contributed by atoms with E-state index in [1.807, 2.05) is 12.1 Å². The first-order chi connectivity index (χ1) is 10.0. The van der Waals surface area contributed by atoms with Crippen LogP contribution in [0.2, 0.25) is 5.02 Å². The van der Waals surface area contributed by atoms with Crippen LogP contribution < -0.4 is 10.9 Å². The fraction of sp³-hybridized carbons (Fsp3) is 0.143. The van der Waals surface area contributed by atoms with Gasteiger partial charge in [0.25, 0.3) is 5.91 Å². The summed E-state index contributed by atoms with van der Waals surface area (Å²) >= 11 is 10.4. The van der Waals surface area contributed by atoms with Gasteiger partial charge in [-0.3, -0.25) is 20.4 Å². The maximum Gasteiger partial charge on any atom is 0.279 e. The fourth-order valence-electron chi connectivity index (χ4n) is 1.60. The molecule has 110 valence electrons. The van der Waals surface area contributed by atoms with Crippen LogP contribution in [-0.2, 0) is 11.2 Å². The molecular weight excluding hydrogens is 376 g/mol. The van der Waals surface area contributed by atoms with Crippen molar-refractivity contribution in [3.05, 3.63) is 55.6 Å². The highest BCUT2D eigenvalue weighted by molar-refractivity contribution is 9.11. The summed E-state index contributed by atoms with van der Waals surface area (Å²) in [4.78, 5) is 23.9. The molecular formula is C14H12BrClN2O2S. The fourth-order valence-corrected chi connectivity index (χ4v) is 3.00. The van der Waals surface area contributed by atoms with Gasteiger partial charge in [-0.2, -0.15) is 0 Å². The highest BCUT2D eigenvalue weighted by atomic mass is 79.9. The average molecular weight is 388 g/mol. The maximum absolute atomic E-state index is 11.7. The molecule has 0 fully saturated rings. The highest BCUT2D eigenvalue weighted by Gasteiger charge is 2.09. The van der Waals surface area contributed by atoms with E-state index in [0.29, 0.717) is 16.3 Å². The quantitative estimate of drug-likeness (QED) is 0.788. The normalized spacial score (nSPS) is 10.2. The smallest absolute Gasteiger partial charge is 0.273 e. The Bertz CT molecular complexity index is 643. The van der Waals surface area contributed by atoms with Crippen molar-refractivity contribution >= 4 is 50.7 Å². The Morgan fingerprint density at radius 1 is 1.10 bits per heavy atom. The van der Waals surface area contributed by atoms with Gasteiger partial charge in [0.1, 0.15) is 0 Å². The van der Waals surface area contributed by atoms with E-state index in [1.54, 1.807) is 24.3 Å². The van der Waals surface area contributed by atoms with Gasteiger partial charge in [-0.25, -0.2) is 0 Å². The first kappa shape index (κ1) is 16.0. The van der Waals surface area contributed by atoms with E-state index in [4.69, 9.17) is 11.6 Å². The molecule has 0 bridgehead atoms. The first-order valence-electron chi connectivity index (χ1n) is 6.13. The van der Waals surface area contributed by atoms with Crippen LogP contribution in [0.25, 0.3) is 0 Å². The number of benzene rings is 1. The maximum atomic E-state index is 11.7. The zero-order valence-electron chi connectivity index (χ0n) is 10.9. The van der Waals surface area contributed by atoms with Gasteiger partial charge >= 0.3 is 0 Å². The summed E-state index contributed by atoms with van der Waals surface area (Å²) < 4.78 is 0.863. The number of aryl methyl sites for hydroxylation is 1. The molecule has 2 rings (SSSR count). The minimum atomic E-state index is -0.328. The summed E-state index contributed by atoms with van der Waals surface area (Å²) in [5.41, 5.74) is 5.80. The van der Waals surface area contributed by atoms with E-state index in [-0.39, 0.29) is 18.2 Å². The van der Waals surface area contributed by atoms with Crippen molar-refractivity contribution in [2.75, 3.05) is 0 Å². The predicted octanol–water partition coefficient (Wildman–Crippen LogP) is 3.56. The molecule has 0 aliphatic heterocycles. The Labute approximate surface area is 139 Å². The monoisotopic (exact) mass is 386 g/mol. The molecule has 0 unspecified atom stereocenters. The van der Waals surface area contributed by atoms with Gasteiger partial charge in [-0.1, -0.05) is 23.7 Å². The van der Waals surface area contributed by atoms with E-state index in [0.717, 1.165) is 9.35 Å². The summed E-state index contributed by atoms with van der Waals surface area (Å²) in [5.74, 6) is -0.570. The molecule has 2 aromatic rings. The van der Waals surface area contributed by atoms with Crippen LogP contribution in [0.1, 0.15) is 21.7 Å². The standard InChI is InChI=1S/C14H12BrClN2O2S/c15-12-7-6-11(21-12)14(20)18-17-13(19)8-3-9-1-4-10(16)5-2-9/h1-2,4-7H,3,8H2,(H,17,19)(H,18,20). The topological polar surface area (TPSA) is 58.2 Å². The van der Waals surface area contributed by atoms with E-state index in [9.17, 15) is 9.59 Å². The van der Waals surface area contributed by atoms with Crippen molar-refractivity contribution in [2.24, 2.45) is 0 Å². The lowest BCUT2D eigenvalue weighted by Gasteiger charge is -2.06. The molecule has 0 saturated carbocycles. The van der Waals surface area contributed by atoms with Gasteiger partial charge in [0.2, 0.25) is 5.91 Å². The number of thiophene rings is 1. The zero-order valence-corrected chi connectivity index (χ0v) is 14.0. The number of halogens is 2. The number of nitrogens with one attached hydrogen (secondary N) is 2. The molecule has 1 aromatic heterocycles. The minimum Gasteiger partial charge on any atom is -0.273 e. The van der Waals surface area contributed by atoms with Gasteiger partial charge in [0.15, 0.2) is 0 Å². The van der Waals surface area contributed by atoms with E-state index in [2.05, 4.69) is 26.8 Å². The number of rotatable bonds is 4. The first-order valence-corrected chi connectivity index (χ1v) is 8.12. The third kappa shape index (κ3) is 5.15. The molecule has 2 amide bonds. The van der Waals surface area contributed by atoms with Crippen molar-refractivity contribution in [3.8, 4) is 0 Å². The molecule has 1 aromatic carbocycles. The third-order valence-electron chi connectivity index (χ3n) is 2.67. The molecule has 0 atom stereocenters. The van der Waals surface area contributed by atoms with Crippen LogP contribution in [0.3, 0.4) is 0 Å². The molecule has 0 aliphatic carbocycles. The van der Waals surface area contributed by atoms with Gasteiger partial charge < -0.3 is 0 Å². The third-order valence-corrected chi connectivity index (χ3v) is 4.54. The van der Waals surface area contributed by atoms with E-state index < -0.39 is 0 Å². The lowest BCUT2D eigenvalue weighted by Crippen LogP contribution is -2.41. The molecule has 21 heavy (non-hydrogen) atoms. The predicted molar refractivity (Wildman–Crippen MR) is 87.4 cm³/mol. The van der Waals surface area contributed by atoms with Crippen LogP contribution in [0, 0.1) is 0 Å². The summed E-state index contributed by atoms with van der Waals surface area (Å²) in [6, 6.07) is 10.8. The SMILES string of the molecule is O=C(CCc1ccc(Cl)cc1)NNC(=O)c1ccc(Br)s1. The Morgan fingerprint density at radius 2 is 1.81 bits per heavy atom. The molecule has 1 heterocycles. The Balaban J connectivity index is 1.74. The number of amides is 2. The van der Waals surface area contributed by atoms with Crippen LogP contribution in [0.15, 0.2) is 40.2 Å². The largest absolute Gasteiger partial charge is 0.279 e. The molecule has 4 nitrogen and oxygen atoms in total. The molecule has 0 spiro atoms. The van der Waals surface area contributed by atoms with Crippen LogP contribution in [0.5, 0.6) is 0 Å². The van der Waals surface area contributed by atoms with E-state index >= 15 is 0 Å². The second-order valence-electron chi connectivity index (χ2n) is 4.23. The van der Waals surface area contributed by atoms with Gasteiger partial charge in [-0.05, 0) is 52.2 Å². The van der Waals surface area contributed by atoms with E-state index in [1.165, 1.54) is 11.3 Å². The Hall–Kier alpha value is -1.37. The number of hydrogen-bond acceptors (Lipinski definition) is 3. The molecule has 0 saturated heterocycles. The second kappa shape index (κ2) is 7.59. The summed E-state index contributed by atoms with van der Waals surface area (Å²) in [7, 11) is 0. The second-order valence-corrected chi connectivity index (χ2v) is 7.13. The van der Waals surface area contributed by atoms with Crippen LogP contribution >= 0.6 is 38.9 Å².